The fourth-order valence-electron chi connectivity index (χ4n) is 5.62. The Morgan fingerprint density at radius 2 is 1.57 bits per heavy atom. The van der Waals surface area contributed by atoms with Crippen molar-refractivity contribution in [1.29, 1.82) is 0 Å². The summed E-state index contributed by atoms with van der Waals surface area (Å²) in [5.74, 6) is 0.671. The molecule has 0 bridgehead atoms. The molecule has 12 heteroatoms. The number of amides is 1. The molecule has 3 heterocycles. The molecule has 0 aliphatic carbocycles. The maximum Gasteiger partial charge on any atom is 0.280 e. The molecule has 1 aliphatic heterocycles. The highest BCUT2D eigenvalue weighted by atomic mass is 16.6. The van der Waals surface area contributed by atoms with Crippen molar-refractivity contribution in [2.24, 2.45) is 5.92 Å². The number of aliphatic hydroxyl groups is 1. The molecule has 1 amide bonds. The molecule has 1 aliphatic rings. The number of fused-ring (bicyclic) bond motifs is 1. The van der Waals surface area contributed by atoms with E-state index >= 15 is 0 Å². The number of carbonyl (C=O) groups excluding carboxylic acids is 1. The van der Waals surface area contributed by atoms with Gasteiger partial charge in [-0.3, -0.25) is 24.5 Å². The van der Waals surface area contributed by atoms with Crippen LogP contribution in [0, 0.1) is 5.92 Å². The average molecular weight is 626 g/mol. The SMILES string of the molecule is COc1ccc(C(O[C@H]2[C@H](n3cnc4c(=O)[nH]c(NC(=O)C(C)C)nc43)OC[C@@H]2O)(c2ccccc2)c2ccc(OC)cc2)cc1. The lowest BCUT2D eigenvalue weighted by Crippen LogP contribution is -2.42. The van der Waals surface area contributed by atoms with Gasteiger partial charge in [-0.2, -0.15) is 4.98 Å². The molecule has 0 spiro atoms. The first-order valence-corrected chi connectivity index (χ1v) is 14.8. The summed E-state index contributed by atoms with van der Waals surface area (Å²) in [4.78, 5) is 36.7. The quantitative estimate of drug-likeness (QED) is 0.196. The predicted octanol–water partition coefficient (Wildman–Crippen LogP) is 4.00. The second-order valence-corrected chi connectivity index (χ2v) is 11.3. The summed E-state index contributed by atoms with van der Waals surface area (Å²) in [6.07, 6.45) is -1.56. The smallest absolute Gasteiger partial charge is 0.280 e. The lowest BCUT2D eigenvalue weighted by atomic mass is 9.79. The van der Waals surface area contributed by atoms with Gasteiger partial charge < -0.3 is 24.1 Å². The third kappa shape index (κ3) is 5.62. The fourth-order valence-corrected chi connectivity index (χ4v) is 5.62. The number of nitrogens with zero attached hydrogens (tertiary/aromatic N) is 3. The van der Waals surface area contributed by atoms with Crippen LogP contribution in [0.4, 0.5) is 5.95 Å². The van der Waals surface area contributed by atoms with E-state index in [0.29, 0.717) is 11.5 Å². The Morgan fingerprint density at radius 3 is 2.13 bits per heavy atom. The topological polar surface area (TPSA) is 150 Å². The Kier molecular flexibility index (Phi) is 8.59. The maximum atomic E-state index is 12.9. The largest absolute Gasteiger partial charge is 0.497 e. The number of aromatic amines is 1. The van der Waals surface area contributed by atoms with E-state index in [2.05, 4.69) is 20.3 Å². The predicted molar refractivity (Wildman–Crippen MR) is 170 cm³/mol. The average Bonchev–Trinajstić information content (AvgIpc) is 3.66. The van der Waals surface area contributed by atoms with Gasteiger partial charge in [-0.25, -0.2) is 4.98 Å². The second kappa shape index (κ2) is 12.8. The van der Waals surface area contributed by atoms with Crippen LogP contribution in [0.25, 0.3) is 11.2 Å². The standard InChI is InChI=1S/C34H35N5O7/c1-20(2)30(41)37-33-36-29-27(31(42)38-33)35-19-39(29)32-28(26(40)18-45-32)46-34(21-8-6-5-7-9-21,22-10-14-24(43-3)15-11-22)23-12-16-25(44-4)17-13-23/h5-17,19-20,26,28,32,40H,18H2,1-4H3,(H2,36,37,38,41,42)/t26-,28+,32+/m0/s1. The van der Waals surface area contributed by atoms with Crippen LogP contribution in [0.1, 0.15) is 36.8 Å². The number of carbonyl (C=O) groups is 1. The van der Waals surface area contributed by atoms with E-state index in [0.717, 1.165) is 16.7 Å². The van der Waals surface area contributed by atoms with Crippen molar-refractivity contribution < 1.29 is 28.8 Å². The van der Waals surface area contributed by atoms with Gasteiger partial charge in [-0.05, 0) is 41.0 Å². The normalized spacial score (nSPS) is 18.2. The molecule has 0 saturated carbocycles. The number of hydrogen-bond acceptors (Lipinski definition) is 9. The van der Waals surface area contributed by atoms with Gasteiger partial charge in [0, 0.05) is 5.92 Å². The molecule has 3 aromatic carbocycles. The maximum absolute atomic E-state index is 12.9. The number of benzene rings is 3. The number of nitrogens with one attached hydrogen (secondary N) is 2. The highest BCUT2D eigenvalue weighted by Crippen LogP contribution is 2.45. The van der Waals surface area contributed by atoms with Crippen LogP contribution in [0.15, 0.2) is 90.0 Å². The monoisotopic (exact) mass is 625 g/mol. The van der Waals surface area contributed by atoms with Crippen LogP contribution in [-0.4, -0.2) is 63.6 Å². The minimum Gasteiger partial charge on any atom is -0.497 e. The Bertz CT molecular complexity index is 1820. The van der Waals surface area contributed by atoms with Crippen molar-refractivity contribution in [3.8, 4) is 11.5 Å². The lowest BCUT2D eigenvalue weighted by molar-refractivity contribution is -0.121. The van der Waals surface area contributed by atoms with Gasteiger partial charge >= 0.3 is 0 Å². The molecule has 12 nitrogen and oxygen atoms in total. The van der Waals surface area contributed by atoms with Gasteiger partial charge in [0.2, 0.25) is 11.9 Å². The molecule has 46 heavy (non-hydrogen) atoms. The fraction of sp³-hybridized carbons (Fsp3) is 0.294. The molecule has 3 N–H and O–H groups in total. The van der Waals surface area contributed by atoms with Crippen LogP contribution in [-0.2, 0) is 19.9 Å². The second-order valence-electron chi connectivity index (χ2n) is 11.3. The number of anilines is 1. The van der Waals surface area contributed by atoms with E-state index in [9.17, 15) is 14.7 Å². The summed E-state index contributed by atoms with van der Waals surface area (Å²) >= 11 is 0. The number of aromatic nitrogens is 4. The van der Waals surface area contributed by atoms with Gasteiger partial charge in [0.05, 0.1) is 27.2 Å². The molecule has 1 fully saturated rings. The number of imidazole rings is 1. The molecule has 0 unspecified atom stereocenters. The molecular weight excluding hydrogens is 590 g/mol. The van der Waals surface area contributed by atoms with E-state index in [1.807, 2.05) is 78.9 Å². The first kappa shape index (κ1) is 31.0. The van der Waals surface area contributed by atoms with E-state index in [1.54, 1.807) is 32.6 Å². The highest BCUT2D eigenvalue weighted by molar-refractivity contribution is 5.91. The zero-order chi connectivity index (χ0) is 32.4. The van der Waals surface area contributed by atoms with Crippen molar-refractivity contribution in [3.63, 3.8) is 0 Å². The zero-order valence-electron chi connectivity index (χ0n) is 25.8. The minimum absolute atomic E-state index is 0.0240. The van der Waals surface area contributed by atoms with Gasteiger partial charge in [0.25, 0.3) is 5.56 Å². The third-order valence-electron chi connectivity index (χ3n) is 8.06. The highest BCUT2D eigenvalue weighted by Gasteiger charge is 2.48. The number of ether oxygens (including phenoxy) is 4. The van der Waals surface area contributed by atoms with E-state index in [4.69, 9.17) is 18.9 Å². The van der Waals surface area contributed by atoms with Crippen molar-refractivity contribution >= 4 is 23.0 Å². The van der Waals surface area contributed by atoms with Gasteiger partial charge in [0.1, 0.15) is 29.3 Å². The Labute approximate surface area is 264 Å². The van der Waals surface area contributed by atoms with Crippen LogP contribution < -0.4 is 20.3 Å². The molecule has 6 rings (SSSR count). The van der Waals surface area contributed by atoms with Crippen molar-refractivity contribution in [2.45, 2.75) is 37.9 Å². The summed E-state index contributed by atoms with van der Waals surface area (Å²) in [5.41, 5.74) is 0.758. The Balaban J connectivity index is 1.51. The summed E-state index contributed by atoms with van der Waals surface area (Å²) in [6.45, 7) is 3.41. The van der Waals surface area contributed by atoms with Gasteiger partial charge in [-0.15, -0.1) is 0 Å². The first-order valence-electron chi connectivity index (χ1n) is 14.8. The molecule has 3 atom stereocenters. The lowest BCUT2D eigenvalue weighted by Gasteiger charge is -2.40. The number of aliphatic hydroxyl groups excluding tert-OH is 1. The molecule has 2 aromatic heterocycles. The number of hydrogen-bond donors (Lipinski definition) is 3. The van der Waals surface area contributed by atoms with Crippen LogP contribution in [0.3, 0.4) is 0 Å². The molecule has 238 valence electrons. The number of methoxy groups -OCH3 is 2. The van der Waals surface area contributed by atoms with E-state index < -0.39 is 29.6 Å². The third-order valence-corrected chi connectivity index (χ3v) is 8.06. The summed E-state index contributed by atoms with van der Waals surface area (Å²) < 4.78 is 25.7. The molecule has 5 aromatic rings. The zero-order valence-corrected chi connectivity index (χ0v) is 25.8. The first-order chi connectivity index (χ1) is 22.2. The summed E-state index contributed by atoms with van der Waals surface area (Å²) in [7, 11) is 3.20. The van der Waals surface area contributed by atoms with Gasteiger partial charge in [0.15, 0.2) is 17.4 Å². The van der Waals surface area contributed by atoms with E-state index in [1.165, 1.54) is 6.33 Å². The Morgan fingerprint density at radius 1 is 0.978 bits per heavy atom. The van der Waals surface area contributed by atoms with Gasteiger partial charge in [-0.1, -0.05) is 68.4 Å². The van der Waals surface area contributed by atoms with Crippen LogP contribution in [0.5, 0.6) is 11.5 Å². The van der Waals surface area contributed by atoms with Crippen LogP contribution >= 0.6 is 0 Å². The minimum atomic E-state index is -1.25. The molecule has 1 saturated heterocycles. The molecule has 0 radical (unpaired) electrons. The summed E-state index contributed by atoms with van der Waals surface area (Å²) in [5, 5.41) is 14.1. The molecular formula is C34H35N5O7. The van der Waals surface area contributed by atoms with Crippen molar-refractivity contribution in [2.75, 3.05) is 26.1 Å². The number of rotatable bonds is 10. The van der Waals surface area contributed by atoms with Crippen LogP contribution in [0.2, 0.25) is 0 Å². The van der Waals surface area contributed by atoms with Crippen molar-refractivity contribution in [1.82, 2.24) is 19.5 Å². The van der Waals surface area contributed by atoms with Crippen molar-refractivity contribution in [3.05, 3.63) is 112 Å². The Hall–Kier alpha value is -5.04. The van der Waals surface area contributed by atoms with E-state index in [-0.39, 0.29) is 35.5 Å². The number of H-pyrrole nitrogens is 1. The summed E-state index contributed by atoms with van der Waals surface area (Å²) in [6, 6.07) is 24.8.